The molecule has 0 saturated heterocycles. The number of carbonyl (C=O) groups excluding carboxylic acids is 3. The molecule has 1 aliphatic rings. The molecule has 3 amide bonds. The summed E-state index contributed by atoms with van der Waals surface area (Å²) in [6.07, 6.45) is 25.4. The van der Waals surface area contributed by atoms with Crippen molar-refractivity contribution in [3.05, 3.63) is 0 Å². The van der Waals surface area contributed by atoms with Crippen molar-refractivity contribution in [2.24, 2.45) is 11.7 Å². The van der Waals surface area contributed by atoms with E-state index in [-0.39, 0.29) is 30.6 Å². The quantitative estimate of drug-likeness (QED) is 0.441. The Balaban J connectivity index is 2.57. The van der Waals surface area contributed by atoms with E-state index in [1.165, 1.54) is 103 Å². The first-order valence-electron chi connectivity index (χ1n) is 14.3. The highest BCUT2D eigenvalue weighted by atomic mass is 16.2. The summed E-state index contributed by atoms with van der Waals surface area (Å²) in [6.45, 7) is 0. The van der Waals surface area contributed by atoms with Gasteiger partial charge in [-0.3, -0.25) is 14.4 Å². The van der Waals surface area contributed by atoms with Gasteiger partial charge in [-0.1, -0.05) is 116 Å². The molecule has 0 aliphatic heterocycles. The number of rotatable bonds is 6. The predicted octanol–water partition coefficient (Wildman–Crippen LogP) is 5.91. The third-order valence-corrected chi connectivity index (χ3v) is 7.28. The Kier molecular flexibility index (Phi) is 18.6. The fourth-order valence-corrected chi connectivity index (χ4v) is 5.04. The lowest BCUT2D eigenvalue weighted by Gasteiger charge is -2.22. The molecule has 1 atom stereocenters. The highest BCUT2D eigenvalue weighted by molar-refractivity contribution is 5.88. The summed E-state index contributed by atoms with van der Waals surface area (Å²) < 4.78 is 0. The number of carbonyl (C=O) groups is 3. The van der Waals surface area contributed by atoms with Crippen LogP contribution in [0, 0.1) is 5.92 Å². The molecule has 1 aliphatic carbocycles. The molecule has 0 aromatic rings. The first-order valence-corrected chi connectivity index (χ1v) is 14.3. The zero-order valence-corrected chi connectivity index (χ0v) is 22.0. The summed E-state index contributed by atoms with van der Waals surface area (Å²) in [7, 11) is 1.55. The molecule has 198 valence electrons. The standard InChI is InChI=1S/C28H53N3O3/c1-30-28(34)25(22-23-26(29)32)31-27(33)24-20-18-16-14-12-10-8-6-4-2-3-5-7-9-11-13-15-17-19-21-24/h24-25H,2-23H2,1H3,(H2,29,32)(H,30,34)(H,31,33)/t25-/m0/s1. The van der Waals surface area contributed by atoms with Gasteiger partial charge in [0.2, 0.25) is 17.7 Å². The summed E-state index contributed by atoms with van der Waals surface area (Å²) >= 11 is 0. The summed E-state index contributed by atoms with van der Waals surface area (Å²) in [5.74, 6) is -0.829. The average Bonchev–Trinajstić information content (AvgIpc) is 2.82. The maximum Gasteiger partial charge on any atom is 0.242 e. The van der Waals surface area contributed by atoms with Gasteiger partial charge in [0.05, 0.1) is 0 Å². The molecule has 6 nitrogen and oxygen atoms in total. The van der Waals surface area contributed by atoms with Gasteiger partial charge in [0.15, 0.2) is 0 Å². The first-order chi connectivity index (χ1) is 16.5. The minimum atomic E-state index is -0.699. The van der Waals surface area contributed by atoms with Crippen LogP contribution >= 0.6 is 0 Å². The van der Waals surface area contributed by atoms with E-state index < -0.39 is 11.9 Å². The predicted molar refractivity (Wildman–Crippen MR) is 140 cm³/mol. The van der Waals surface area contributed by atoms with Gasteiger partial charge in [-0.25, -0.2) is 0 Å². The van der Waals surface area contributed by atoms with Gasteiger partial charge >= 0.3 is 0 Å². The third kappa shape index (κ3) is 16.1. The van der Waals surface area contributed by atoms with Crippen LogP contribution in [-0.4, -0.2) is 30.8 Å². The Morgan fingerprint density at radius 2 is 1.03 bits per heavy atom. The number of amides is 3. The number of nitrogens with one attached hydrogen (secondary N) is 2. The first kappa shape index (κ1) is 30.4. The van der Waals surface area contributed by atoms with Crippen LogP contribution in [0.1, 0.15) is 141 Å². The fourth-order valence-electron chi connectivity index (χ4n) is 5.04. The Morgan fingerprint density at radius 1 is 0.676 bits per heavy atom. The Bertz CT molecular complexity index is 531. The molecule has 0 heterocycles. The van der Waals surface area contributed by atoms with Gasteiger partial charge < -0.3 is 16.4 Å². The van der Waals surface area contributed by atoms with Crippen molar-refractivity contribution >= 4 is 17.7 Å². The Hall–Kier alpha value is -1.59. The number of hydrogen-bond donors (Lipinski definition) is 3. The van der Waals surface area contributed by atoms with Gasteiger partial charge in [-0.15, -0.1) is 0 Å². The molecule has 1 fully saturated rings. The van der Waals surface area contributed by atoms with Crippen LogP contribution < -0.4 is 16.4 Å². The topological polar surface area (TPSA) is 101 Å². The van der Waals surface area contributed by atoms with E-state index >= 15 is 0 Å². The molecular weight excluding hydrogens is 426 g/mol. The fraction of sp³-hybridized carbons (Fsp3) is 0.893. The van der Waals surface area contributed by atoms with Crippen molar-refractivity contribution in [2.45, 2.75) is 147 Å². The highest BCUT2D eigenvalue weighted by Crippen LogP contribution is 2.21. The zero-order valence-electron chi connectivity index (χ0n) is 22.0. The molecule has 0 spiro atoms. The summed E-state index contributed by atoms with van der Waals surface area (Å²) in [5, 5.41) is 5.51. The van der Waals surface area contributed by atoms with E-state index in [1.54, 1.807) is 7.05 Å². The van der Waals surface area contributed by atoms with Crippen molar-refractivity contribution in [3.8, 4) is 0 Å². The molecule has 0 aromatic carbocycles. The van der Waals surface area contributed by atoms with Crippen molar-refractivity contribution in [3.63, 3.8) is 0 Å². The van der Waals surface area contributed by atoms with Crippen LogP contribution in [0.4, 0.5) is 0 Å². The normalized spacial score (nSPS) is 20.4. The average molecular weight is 480 g/mol. The maximum absolute atomic E-state index is 13.1. The van der Waals surface area contributed by atoms with Crippen LogP contribution in [-0.2, 0) is 14.4 Å². The van der Waals surface area contributed by atoms with E-state index in [0.717, 1.165) is 25.7 Å². The van der Waals surface area contributed by atoms with Crippen LogP contribution in [0.15, 0.2) is 0 Å². The molecule has 4 N–H and O–H groups in total. The second-order valence-corrected chi connectivity index (χ2v) is 10.3. The van der Waals surface area contributed by atoms with Gasteiger partial charge in [0, 0.05) is 19.4 Å². The Labute approximate surface area is 209 Å². The molecule has 0 radical (unpaired) electrons. The van der Waals surface area contributed by atoms with E-state index in [1.807, 2.05) is 0 Å². The van der Waals surface area contributed by atoms with Gasteiger partial charge in [0.1, 0.15) is 6.04 Å². The molecule has 6 heteroatoms. The van der Waals surface area contributed by atoms with Crippen LogP contribution in [0.25, 0.3) is 0 Å². The largest absolute Gasteiger partial charge is 0.370 e. The van der Waals surface area contributed by atoms with Gasteiger partial charge in [-0.2, -0.15) is 0 Å². The number of primary amides is 1. The van der Waals surface area contributed by atoms with E-state index in [2.05, 4.69) is 10.6 Å². The smallest absolute Gasteiger partial charge is 0.242 e. The third-order valence-electron chi connectivity index (χ3n) is 7.28. The van der Waals surface area contributed by atoms with Crippen molar-refractivity contribution in [2.75, 3.05) is 7.05 Å². The summed E-state index contributed by atoms with van der Waals surface area (Å²) in [6, 6.07) is -0.699. The second-order valence-electron chi connectivity index (χ2n) is 10.3. The molecular formula is C28H53N3O3. The lowest BCUT2D eigenvalue weighted by Crippen LogP contribution is -2.48. The molecule has 0 bridgehead atoms. The van der Waals surface area contributed by atoms with E-state index in [4.69, 9.17) is 5.73 Å². The molecule has 0 unspecified atom stereocenters. The number of hydrogen-bond acceptors (Lipinski definition) is 3. The lowest BCUT2D eigenvalue weighted by molar-refractivity contribution is -0.131. The van der Waals surface area contributed by atoms with Crippen molar-refractivity contribution in [1.82, 2.24) is 10.6 Å². The van der Waals surface area contributed by atoms with Gasteiger partial charge in [-0.05, 0) is 19.3 Å². The SMILES string of the molecule is CNC(=O)[C@H](CCC(N)=O)NC(=O)C1CCCCCCCCCCCCCCCCCCCC1. The second kappa shape index (κ2) is 20.8. The molecule has 0 aromatic heterocycles. The zero-order chi connectivity index (χ0) is 24.9. The number of likely N-dealkylation sites (N-methyl/N-ethyl adjacent to an activating group) is 1. The summed E-state index contributed by atoms with van der Waals surface area (Å²) in [5.41, 5.74) is 5.26. The van der Waals surface area contributed by atoms with Crippen molar-refractivity contribution in [1.29, 1.82) is 0 Å². The van der Waals surface area contributed by atoms with Crippen LogP contribution in [0.2, 0.25) is 0 Å². The lowest BCUT2D eigenvalue weighted by atomic mass is 9.92. The highest BCUT2D eigenvalue weighted by Gasteiger charge is 2.25. The maximum atomic E-state index is 13.1. The molecule has 1 saturated carbocycles. The molecule has 1 rings (SSSR count). The van der Waals surface area contributed by atoms with Crippen molar-refractivity contribution < 1.29 is 14.4 Å². The molecule has 34 heavy (non-hydrogen) atoms. The number of nitrogens with two attached hydrogens (primary N) is 1. The minimum Gasteiger partial charge on any atom is -0.370 e. The van der Waals surface area contributed by atoms with Gasteiger partial charge in [0.25, 0.3) is 0 Å². The minimum absolute atomic E-state index is 0.0449. The van der Waals surface area contributed by atoms with E-state index in [0.29, 0.717) is 0 Å². The Morgan fingerprint density at radius 3 is 1.35 bits per heavy atom. The van der Waals surface area contributed by atoms with Crippen LogP contribution in [0.3, 0.4) is 0 Å². The summed E-state index contributed by atoms with van der Waals surface area (Å²) in [4.78, 5) is 36.5. The van der Waals surface area contributed by atoms with Crippen LogP contribution in [0.5, 0.6) is 0 Å². The monoisotopic (exact) mass is 479 g/mol. The van der Waals surface area contributed by atoms with E-state index in [9.17, 15) is 14.4 Å².